The Morgan fingerprint density at radius 2 is 2.04 bits per heavy atom. The number of hydrogen-bond donors (Lipinski definition) is 0. The van der Waals surface area contributed by atoms with Crippen molar-refractivity contribution in [3.8, 4) is 11.5 Å². The zero-order valence-corrected chi connectivity index (χ0v) is 16.2. The van der Waals surface area contributed by atoms with E-state index in [1.165, 1.54) is 7.11 Å². The van der Waals surface area contributed by atoms with E-state index in [2.05, 4.69) is 4.98 Å². The lowest BCUT2D eigenvalue weighted by atomic mass is 10.2. The lowest BCUT2D eigenvalue weighted by Crippen LogP contribution is -2.15. The van der Waals surface area contributed by atoms with E-state index >= 15 is 0 Å². The second-order valence-corrected chi connectivity index (χ2v) is 6.08. The van der Waals surface area contributed by atoms with Crippen molar-refractivity contribution < 1.29 is 28.5 Å². The van der Waals surface area contributed by atoms with Crippen LogP contribution < -0.4 is 9.47 Å². The quantitative estimate of drug-likeness (QED) is 0.605. The van der Waals surface area contributed by atoms with E-state index in [0.717, 1.165) is 16.9 Å². The van der Waals surface area contributed by atoms with Crippen LogP contribution in [0, 0.1) is 0 Å². The number of rotatable bonds is 9. The summed E-state index contributed by atoms with van der Waals surface area (Å²) < 4.78 is 20.7. The van der Waals surface area contributed by atoms with Gasteiger partial charge in [0.15, 0.2) is 18.1 Å². The van der Waals surface area contributed by atoms with Crippen molar-refractivity contribution in [1.29, 1.82) is 0 Å². The fourth-order valence-electron chi connectivity index (χ4n) is 2.09. The van der Waals surface area contributed by atoms with Gasteiger partial charge in [0.2, 0.25) is 5.01 Å². The molecule has 0 radical (unpaired) electrons. The highest BCUT2D eigenvalue weighted by Crippen LogP contribution is 2.28. The van der Waals surface area contributed by atoms with Gasteiger partial charge in [-0.15, -0.1) is 11.3 Å². The van der Waals surface area contributed by atoms with Crippen LogP contribution in [-0.4, -0.2) is 37.2 Å². The molecular weight excluding hydrogens is 370 g/mol. The first kappa shape index (κ1) is 20.4. The largest absolute Gasteiger partial charge is 0.493 e. The number of thiazole rings is 1. The van der Waals surface area contributed by atoms with Crippen molar-refractivity contribution in [3.63, 3.8) is 0 Å². The van der Waals surface area contributed by atoms with Crippen LogP contribution in [0.2, 0.25) is 0 Å². The van der Waals surface area contributed by atoms with Crippen LogP contribution in [0.15, 0.2) is 29.7 Å². The molecule has 0 atom stereocenters. The number of methoxy groups -OCH3 is 1. The van der Waals surface area contributed by atoms with E-state index in [-0.39, 0.29) is 24.8 Å². The minimum absolute atomic E-state index is 0.0462. The first-order valence-corrected chi connectivity index (χ1v) is 9.16. The molecule has 7 nitrogen and oxygen atoms in total. The minimum atomic E-state index is -0.555. The number of nitrogens with zero attached hydrogens (tertiary/aromatic N) is 1. The van der Waals surface area contributed by atoms with Gasteiger partial charge in [-0.05, 0) is 31.5 Å². The molecule has 27 heavy (non-hydrogen) atoms. The maximum absolute atomic E-state index is 11.9. The molecule has 1 aromatic carbocycles. The zero-order chi connectivity index (χ0) is 19.6. The molecule has 0 N–H and O–H groups in total. The topological polar surface area (TPSA) is 84.0 Å². The van der Waals surface area contributed by atoms with Gasteiger partial charge in [0.1, 0.15) is 6.61 Å². The molecule has 0 saturated carbocycles. The van der Waals surface area contributed by atoms with Gasteiger partial charge >= 0.3 is 11.9 Å². The van der Waals surface area contributed by atoms with Crippen molar-refractivity contribution in [2.45, 2.75) is 20.5 Å². The Balaban J connectivity index is 1.85. The predicted molar refractivity (Wildman–Crippen MR) is 101 cm³/mol. The van der Waals surface area contributed by atoms with Crippen LogP contribution in [0.25, 0.3) is 6.08 Å². The Kier molecular flexibility index (Phi) is 7.81. The second-order valence-electron chi connectivity index (χ2n) is 5.22. The summed E-state index contributed by atoms with van der Waals surface area (Å²) in [6, 6.07) is 5.40. The van der Waals surface area contributed by atoms with Gasteiger partial charge < -0.3 is 18.9 Å². The SMILES string of the molecule is CC=Cc1ccc(OCC(=O)OCc2csc(C(=O)OCC)n2)c(OC)c1. The van der Waals surface area contributed by atoms with Crippen LogP contribution in [0.3, 0.4) is 0 Å². The normalized spacial score (nSPS) is 10.6. The van der Waals surface area contributed by atoms with Crippen LogP contribution in [0.4, 0.5) is 0 Å². The molecule has 8 heteroatoms. The third-order valence-electron chi connectivity index (χ3n) is 3.28. The van der Waals surface area contributed by atoms with Gasteiger partial charge in [0.25, 0.3) is 0 Å². The highest BCUT2D eigenvalue weighted by Gasteiger charge is 2.14. The first-order valence-electron chi connectivity index (χ1n) is 8.28. The molecular formula is C19H21NO6S. The summed E-state index contributed by atoms with van der Waals surface area (Å²) in [7, 11) is 1.53. The van der Waals surface area contributed by atoms with E-state index in [1.807, 2.05) is 31.2 Å². The number of aromatic nitrogens is 1. The molecule has 1 aromatic heterocycles. The van der Waals surface area contributed by atoms with Gasteiger partial charge in [0, 0.05) is 5.38 Å². The lowest BCUT2D eigenvalue weighted by Gasteiger charge is -2.11. The van der Waals surface area contributed by atoms with E-state index in [1.54, 1.807) is 18.4 Å². The maximum Gasteiger partial charge on any atom is 0.367 e. The molecule has 2 rings (SSSR count). The van der Waals surface area contributed by atoms with Gasteiger partial charge in [-0.2, -0.15) is 0 Å². The number of allylic oxidation sites excluding steroid dienone is 1. The summed E-state index contributed by atoms with van der Waals surface area (Å²) in [4.78, 5) is 27.5. The third-order valence-corrected chi connectivity index (χ3v) is 4.15. The van der Waals surface area contributed by atoms with Crippen molar-refractivity contribution in [2.24, 2.45) is 0 Å². The monoisotopic (exact) mass is 391 g/mol. The zero-order valence-electron chi connectivity index (χ0n) is 15.4. The maximum atomic E-state index is 11.9. The highest BCUT2D eigenvalue weighted by molar-refractivity contribution is 7.11. The number of carbonyl (C=O) groups is 2. The fraction of sp³-hybridized carbons (Fsp3) is 0.316. The molecule has 0 bridgehead atoms. The Morgan fingerprint density at radius 1 is 1.22 bits per heavy atom. The fourth-order valence-corrected chi connectivity index (χ4v) is 2.79. The molecule has 2 aromatic rings. The number of hydrogen-bond acceptors (Lipinski definition) is 8. The van der Waals surface area contributed by atoms with Gasteiger partial charge in [-0.1, -0.05) is 18.2 Å². The minimum Gasteiger partial charge on any atom is -0.493 e. The Morgan fingerprint density at radius 3 is 2.74 bits per heavy atom. The van der Waals surface area contributed by atoms with Crippen molar-refractivity contribution >= 4 is 29.4 Å². The summed E-state index contributed by atoms with van der Waals surface area (Å²) in [5, 5.41) is 1.87. The van der Waals surface area contributed by atoms with Gasteiger partial charge in [-0.25, -0.2) is 14.6 Å². The van der Waals surface area contributed by atoms with Crippen LogP contribution in [0.5, 0.6) is 11.5 Å². The standard InChI is InChI=1S/C19H21NO6S/c1-4-6-13-7-8-15(16(9-13)23-3)25-11-17(21)26-10-14-12-27-18(20-14)19(22)24-5-2/h4,6-9,12H,5,10-11H2,1-3H3. The number of esters is 2. The number of ether oxygens (including phenoxy) is 4. The molecule has 0 spiro atoms. The van der Waals surface area contributed by atoms with Crippen LogP contribution in [0.1, 0.15) is 34.9 Å². The third kappa shape index (κ3) is 6.10. The molecule has 0 amide bonds. The predicted octanol–water partition coefficient (Wildman–Crippen LogP) is 3.48. The Labute approximate surface area is 161 Å². The molecule has 0 unspecified atom stereocenters. The highest BCUT2D eigenvalue weighted by atomic mass is 32.1. The summed E-state index contributed by atoms with van der Waals surface area (Å²) in [6.45, 7) is 3.60. The molecule has 0 aliphatic heterocycles. The molecule has 144 valence electrons. The van der Waals surface area contributed by atoms with Crippen molar-refractivity contribution in [3.05, 3.63) is 45.9 Å². The lowest BCUT2D eigenvalue weighted by molar-refractivity contribution is -0.147. The molecule has 0 aliphatic rings. The van der Waals surface area contributed by atoms with E-state index in [0.29, 0.717) is 17.2 Å². The van der Waals surface area contributed by atoms with Crippen molar-refractivity contribution in [2.75, 3.05) is 20.3 Å². The molecule has 1 heterocycles. The van der Waals surface area contributed by atoms with Crippen LogP contribution in [-0.2, 0) is 20.9 Å². The Bertz CT molecular complexity index is 814. The van der Waals surface area contributed by atoms with E-state index in [9.17, 15) is 9.59 Å². The number of benzene rings is 1. The molecule has 0 saturated heterocycles. The van der Waals surface area contributed by atoms with E-state index < -0.39 is 11.9 Å². The first-order chi connectivity index (χ1) is 13.1. The second kappa shape index (κ2) is 10.3. The van der Waals surface area contributed by atoms with Crippen LogP contribution >= 0.6 is 11.3 Å². The molecule has 0 fully saturated rings. The van der Waals surface area contributed by atoms with E-state index in [4.69, 9.17) is 18.9 Å². The number of carbonyl (C=O) groups excluding carboxylic acids is 2. The van der Waals surface area contributed by atoms with Gasteiger partial charge in [0.05, 0.1) is 19.4 Å². The molecule has 0 aliphatic carbocycles. The average Bonchev–Trinajstić information content (AvgIpc) is 3.15. The van der Waals surface area contributed by atoms with Crippen molar-refractivity contribution in [1.82, 2.24) is 4.98 Å². The summed E-state index contributed by atoms with van der Waals surface area (Å²) in [6.07, 6.45) is 3.84. The van der Waals surface area contributed by atoms with Gasteiger partial charge in [-0.3, -0.25) is 0 Å². The summed E-state index contributed by atoms with van der Waals surface area (Å²) in [5.74, 6) is -0.0740. The summed E-state index contributed by atoms with van der Waals surface area (Å²) in [5.41, 5.74) is 1.44. The Hall–Kier alpha value is -2.87. The smallest absolute Gasteiger partial charge is 0.367 e. The summed E-state index contributed by atoms with van der Waals surface area (Å²) >= 11 is 1.14. The average molecular weight is 391 g/mol.